The zero-order valence-electron chi connectivity index (χ0n) is 18.9. The number of rotatable bonds is 8. The molecular formula is C21H42IN5O2. The molecule has 2 heterocycles. The molecular weight excluding hydrogens is 481 g/mol. The lowest BCUT2D eigenvalue weighted by Gasteiger charge is -2.39. The summed E-state index contributed by atoms with van der Waals surface area (Å²) in [5, 5.41) is 7.09. The van der Waals surface area contributed by atoms with Crippen molar-refractivity contribution in [2.75, 3.05) is 53.0 Å². The summed E-state index contributed by atoms with van der Waals surface area (Å²) in [5.41, 5.74) is 0. The van der Waals surface area contributed by atoms with Gasteiger partial charge in [0.1, 0.15) is 0 Å². The maximum atomic E-state index is 12.2. The summed E-state index contributed by atoms with van der Waals surface area (Å²) in [6.45, 7) is 14.6. The largest absolute Gasteiger partial charge is 0.379 e. The molecule has 2 aliphatic heterocycles. The van der Waals surface area contributed by atoms with Crippen LogP contribution in [0.2, 0.25) is 0 Å². The Morgan fingerprint density at radius 1 is 1.17 bits per heavy atom. The van der Waals surface area contributed by atoms with E-state index in [-0.39, 0.29) is 41.8 Å². The first-order valence-electron chi connectivity index (χ1n) is 11.1. The predicted molar refractivity (Wildman–Crippen MR) is 130 cm³/mol. The molecule has 8 heteroatoms. The van der Waals surface area contributed by atoms with Crippen molar-refractivity contribution >= 4 is 35.8 Å². The molecule has 170 valence electrons. The second-order valence-corrected chi connectivity index (χ2v) is 8.31. The quantitative estimate of drug-likeness (QED) is 0.290. The summed E-state index contributed by atoms with van der Waals surface area (Å²) in [4.78, 5) is 21.2. The highest BCUT2D eigenvalue weighted by Gasteiger charge is 2.29. The number of guanidine groups is 1. The molecule has 7 nitrogen and oxygen atoms in total. The van der Waals surface area contributed by atoms with E-state index in [1.54, 1.807) is 0 Å². The van der Waals surface area contributed by atoms with Crippen molar-refractivity contribution in [1.82, 2.24) is 20.4 Å². The minimum absolute atomic E-state index is 0. The van der Waals surface area contributed by atoms with Gasteiger partial charge in [0.2, 0.25) is 5.91 Å². The summed E-state index contributed by atoms with van der Waals surface area (Å²) in [6.07, 6.45) is 3.33. The number of carbonyl (C=O) groups is 1. The zero-order valence-corrected chi connectivity index (χ0v) is 21.3. The van der Waals surface area contributed by atoms with E-state index in [0.29, 0.717) is 12.0 Å². The van der Waals surface area contributed by atoms with Gasteiger partial charge < -0.3 is 20.3 Å². The number of amides is 1. The highest BCUT2D eigenvalue weighted by Crippen LogP contribution is 2.19. The van der Waals surface area contributed by atoms with E-state index in [2.05, 4.69) is 34.4 Å². The zero-order chi connectivity index (χ0) is 20.5. The monoisotopic (exact) mass is 523 g/mol. The van der Waals surface area contributed by atoms with Crippen LogP contribution in [0.3, 0.4) is 0 Å². The van der Waals surface area contributed by atoms with Crippen LogP contribution in [0.5, 0.6) is 0 Å². The molecule has 2 fully saturated rings. The van der Waals surface area contributed by atoms with Gasteiger partial charge in [-0.25, -0.2) is 0 Å². The molecule has 0 aromatic carbocycles. The number of nitrogens with zero attached hydrogens (tertiary/aromatic N) is 3. The van der Waals surface area contributed by atoms with Gasteiger partial charge in [-0.1, -0.05) is 40.5 Å². The van der Waals surface area contributed by atoms with Crippen LogP contribution in [0.25, 0.3) is 0 Å². The van der Waals surface area contributed by atoms with Crippen LogP contribution in [0.15, 0.2) is 4.99 Å². The van der Waals surface area contributed by atoms with Crippen molar-refractivity contribution in [3.05, 3.63) is 0 Å². The SMILES string of the molecule is CCC(CC)C(CNC(=NC)NC1CCN(C(=O)C(C)C)C1)N1CCOCC1.I. The van der Waals surface area contributed by atoms with Gasteiger partial charge in [-0.05, 0) is 12.3 Å². The number of halogens is 1. The fraction of sp³-hybridized carbons (Fsp3) is 0.905. The summed E-state index contributed by atoms with van der Waals surface area (Å²) in [6, 6.07) is 0.754. The van der Waals surface area contributed by atoms with Gasteiger partial charge in [0, 0.05) is 57.8 Å². The van der Waals surface area contributed by atoms with Crippen LogP contribution in [-0.4, -0.2) is 86.7 Å². The average molecular weight is 524 g/mol. The lowest BCUT2D eigenvalue weighted by molar-refractivity contribution is -0.133. The van der Waals surface area contributed by atoms with E-state index in [4.69, 9.17) is 4.74 Å². The van der Waals surface area contributed by atoms with E-state index in [0.717, 1.165) is 58.3 Å². The molecule has 2 atom stereocenters. The normalized spacial score (nSPS) is 22.0. The summed E-state index contributed by atoms with van der Waals surface area (Å²) in [7, 11) is 1.82. The van der Waals surface area contributed by atoms with Crippen LogP contribution in [0, 0.1) is 11.8 Å². The number of morpholine rings is 1. The third kappa shape index (κ3) is 7.86. The molecule has 0 aromatic heterocycles. The first kappa shape index (κ1) is 26.4. The lowest BCUT2D eigenvalue weighted by atomic mass is 9.92. The van der Waals surface area contributed by atoms with Crippen molar-refractivity contribution in [1.29, 1.82) is 0 Å². The Morgan fingerprint density at radius 2 is 1.83 bits per heavy atom. The molecule has 0 spiro atoms. The van der Waals surface area contributed by atoms with Gasteiger partial charge in [0.25, 0.3) is 0 Å². The Bertz CT molecular complexity index is 507. The topological polar surface area (TPSA) is 69.2 Å². The minimum Gasteiger partial charge on any atom is -0.379 e. The third-order valence-electron chi connectivity index (χ3n) is 6.14. The van der Waals surface area contributed by atoms with Crippen LogP contribution >= 0.6 is 24.0 Å². The van der Waals surface area contributed by atoms with Crippen LogP contribution in [0.1, 0.15) is 47.0 Å². The highest BCUT2D eigenvalue weighted by molar-refractivity contribution is 14.0. The van der Waals surface area contributed by atoms with E-state index < -0.39 is 0 Å². The Morgan fingerprint density at radius 3 is 2.38 bits per heavy atom. The van der Waals surface area contributed by atoms with Gasteiger partial charge >= 0.3 is 0 Å². The van der Waals surface area contributed by atoms with Crippen LogP contribution in [0.4, 0.5) is 0 Å². The van der Waals surface area contributed by atoms with Gasteiger partial charge in [0.05, 0.1) is 13.2 Å². The highest BCUT2D eigenvalue weighted by atomic mass is 127. The minimum atomic E-state index is 0. The molecule has 2 rings (SSSR count). The van der Waals surface area contributed by atoms with E-state index >= 15 is 0 Å². The summed E-state index contributed by atoms with van der Waals surface area (Å²) >= 11 is 0. The summed E-state index contributed by atoms with van der Waals surface area (Å²) < 4.78 is 5.55. The van der Waals surface area contributed by atoms with Crippen LogP contribution in [-0.2, 0) is 9.53 Å². The van der Waals surface area contributed by atoms with Crippen molar-refractivity contribution in [3.63, 3.8) is 0 Å². The Hall–Kier alpha value is -0.610. The van der Waals surface area contributed by atoms with E-state index in [1.807, 2.05) is 25.8 Å². The molecule has 2 aliphatic rings. The number of aliphatic imine (C=N–C) groups is 1. The smallest absolute Gasteiger partial charge is 0.225 e. The number of nitrogens with one attached hydrogen (secondary N) is 2. The van der Waals surface area contributed by atoms with Gasteiger partial charge in [-0.2, -0.15) is 0 Å². The van der Waals surface area contributed by atoms with Crippen molar-refractivity contribution in [2.24, 2.45) is 16.8 Å². The number of carbonyl (C=O) groups excluding carboxylic acids is 1. The molecule has 0 bridgehead atoms. The standard InChI is InChI=1S/C21H41N5O2.HI/c1-6-17(7-2)19(25-10-12-28-13-11-25)14-23-21(22-5)24-18-8-9-26(15-18)20(27)16(3)4;/h16-19H,6-15H2,1-5H3,(H2,22,23,24);1H. The van der Waals surface area contributed by atoms with Gasteiger partial charge in [-0.3, -0.25) is 14.7 Å². The van der Waals surface area contributed by atoms with Gasteiger partial charge in [0.15, 0.2) is 5.96 Å². The number of ether oxygens (including phenoxy) is 1. The molecule has 2 saturated heterocycles. The maximum Gasteiger partial charge on any atom is 0.225 e. The van der Waals surface area contributed by atoms with Crippen LogP contribution < -0.4 is 10.6 Å². The Kier molecular flexibility index (Phi) is 12.4. The van der Waals surface area contributed by atoms with Crippen molar-refractivity contribution < 1.29 is 9.53 Å². The first-order chi connectivity index (χ1) is 13.5. The van der Waals surface area contributed by atoms with E-state index in [9.17, 15) is 4.79 Å². The second kappa shape index (κ2) is 13.6. The fourth-order valence-corrected chi connectivity index (χ4v) is 4.37. The number of hydrogen-bond acceptors (Lipinski definition) is 4. The molecule has 0 saturated carbocycles. The number of likely N-dealkylation sites (tertiary alicyclic amines) is 1. The second-order valence-electron chi connectivity index (χ2n) is 8.31. The molecule has 29 heavy (non-hydrogen) atoms. The number of hydrogen-bond donors (Lipinski definition) is 2. The molecule has 2 N–H and O–H groups in total. The molecule has 1 amide bonds. The first-order valence-corrected chi connectivity index (χ1v) is 11.1. The molecule has 0 radical (unpaired) electrons. The average Bonchev–Trinajstić information content (AvgIpc) is 3.18. The van der Waals surface area contributed by atoms with Crippen molar-refractivity contribution in [3.8, 4) is 0 Å². The fourth-order valence-electron chi connectivity index (χ4n) is 4.37. The van der Waals surface area contributed by atoms with Gasteiger partial charge in [-0.15, -0.1) is 24.0 Å². The van der Waals surface area contributed by atoms with E-state index in [1.165, 1.54) is 12.8 Å². The Balaban J connectivity index is 0.00000420. The molecule has 0 aliphatic carbocycles. The maximum absolute atomic E-state index is 12.2. The third-order valence-corrected chi connectivity index (χ3v) is 6.14. The predicted octanol–water partition coefficient (Wildman–Crippen LogP) is 2.16. The molecule has 2 unspecified atom stereocenters. The molecule has 0 aromatic rings. The summed E-state index contributed by atoms with van der Waals surface area (Å²) in [5.74, 6) is 1.81. The van der Waals surface area contributed by atoms with Crippen molar-refractivity contribution in [2.45, 2.75) is 59.0 Å². The lowest BCUT2D eigenvalue weighted by Crippen LogP contribution is -2.54. The Labute approximate surface area is 194 Å².